The first-order chi connectivity index (χ1) is 8.28. The van der Waals surface area contributed by atoms with Crippen LogP contribution in [0.1, 0.15) is 25.7 Å². The largest absolute Gasteiger partial charge is 0.490 e. The summed E-state index contributed by atoms with van der Waals surface area (Å²) in [6, 6.07) is 7.52. The summed E-state index contributed by atoms with van der Waals surface area (Å²) >= 11 is 0. The SMILES string of the molecule is NN/C(N)=N\c1ccc(OC2CCCC2)cc1. The first-order valence-electron chi connectivity index (χ1n) is 5.85. The minimum absolute atomic E-state index is 0.189. The van der Waals surface area contributed by atoms with Crippen molar-refractivity contribution in [1.29, 1.82) is 0 Å². The molecule has 0 atom stereocenters. The molecule has 1 aliphatic rings. The number of benzene rings is 1. The Labute approximate surface area is 101 Å². The summed E-state index contributed by atoms with van der Waals surface area (Å²) in [5.74, 6) is 6.20. The third kappa shape index (κ3) is 3.35. The van der Waals surface area contributed by atoms with Crippen LogP contribution in [0.3, 0.4) is 0 Å². The van der Waals surface area contributed by atoms with Gasteiger partial charge in [-0.3, -0.25) is 5.43 Å². The number of rotatable bonds is 3. The van der Waals surface area contributed by atoms with E-state index in [2.05, 4.69) is 10.4 Å². The van der Waals surface area contributed by atoms with E-state index in [9.17, 15) is 0 Å². The molecule has 0 amide bonds. The maximum Gasteiger partial charge on any atom is 0.208 e. The Morgan fingerprint density at radius 1 is 1.24 bits per heavy atom. The normalized spacial score (nSPS) is 17.1. The quantitative estimate of drug-likeness (QED) is 0.319. The molecule has 1 aromatic carbocycles. The van der Waals surface area contributed by atoms with Gasteiger partial charge in [0.1, 0.15) is 5.75 Å². The zero-order chi connectivity index (χ0) is 12.1. The van der Waals surface area contributed by atoms with E-state index in [1.165, 1.54) is 12.8 Å². The molecule has 17 heavy (non-hydrogen) atoms. The smallest absolute Gasteiger partial charge is 0.208 e. The summed E-state index contributed by atoms with van der Waals surface area (Å²) in [6.07, 6.45) is 5.23. The summed E-state index contributed by atoms with van der Waals surface area (Å²) in [7, 11) is 0. The van der Waals surface area contributed by atoms with Gasteiger partial charge >= 0.3 is 0 Å². The Hall–Kier alpha value is -1.75. The van der Waals surface area contributed by atoms with Gasteiger partial charge in [-0.05, 0) is 49.9 Å². The molecule has 0 saturated heterocycles. The highest BCUT2D eigenvalue weighted by atomic mass is 16.5. The van der Waals surface area contributed by atoms with E-state index in [1.807, 2.05) is 24.3 Å². The Kier molecular flexibility index (Phi) is 3.82. The molecule has 1 aliphatic carbocycles. The van der Waals surface area contributed by atoms with Gasteiger partial charge in [0.2, 0.25) is 5.96 Å². The lowest BCUT2D eigenvalue weighted by atomic mass is 10.3. The molecule has 1 fully saturated rings. The standard InChI is InChI=1S/C12H18N4O/c13-12(16-14)15-9-5-7-11(8-6-9)17-10-3-1-2-4-10/h5-8,10H,1-4,14H2,(H3,13,15,16). The number of nitrogens with one attached hydrogen (secondary N) is 1. The number of hydrogen-bond acceptors (Lipinski definition) is 3. The van der Waals surface area contributed by atoms with E-state index in [1.54, 1.807) is 0 Å². The van der Waals surface area contributed by atoms with Crippen LogP contribution in [-0.2, 0) is 0 Å². The van der Waals surface area contributed by atoms with Crippen molar-refractivity contribution in [3.63, 3.8) is 0 Å². The van der Waals surface area contributed by atoms with E-state index in [0.29, 0.717) is 6.10 Å². The highest BCUT2D eigenvalue weighted by Crippen LogP contribution is 2.25. The average Bonchev–Trinajstić information content (AvgIpc) is 2.84. The van der Waals surface area contributed by atoms with Crippen molar-refractivity contribution in [2.24, 2.45) is 16.6 Å². The van der Waals surface area contributed by atoms with Crippen molar-refractivity contribution in [1.82, 2.24) is 5.43 Å². The van der Waals surface area contributed by atoms with Gasteiger partial charge in [-0.2, -0.15) is 0 Å². The predicted octanol–water partition coefficient (Wildman–Crippen LogP) is 1.42. The Morgan fingerprint density at radius 2 is 1.88 bits per heavy atom. The second-order valence-electron chi connectivity index (χ2n) is 4.16. The van der Waals surface area contributed by atoms with Crippen LogP contribution in [0, 0.1) is 0 Å². The number of guanidine groups is 1. The minimum Gasteiger partial charge on any atom is -0.490 e. The summed E-state index contributed by atoms with van der Waals surface area (Å²) < 4.78 is 5.84. The van der Waals surface area contributed by atoms with Crippen molar-refractivity contribution < 1.29 is 4.74 Å². The molecule has 92 valence electrons. The van der Waals surface area contributed by atoms with Crippen LogP contribution in [0.25, 0.3) is 0 Å². The lowest BCUT2D eigenvalue weighted by Gasteiger charge is -2.12. The fraction of sp³-hybridized carbons (Fsp3) is 0.417. The van der Waals surface area contributed by atoms with Crippen LogP contribution in [0.15, 0.2) is 29.3 Å². The number of ether oxygens (including phenoxy) is 1. The molecule has 0 unspecified atom stereocenters. The van der Waals surface area contributed by atoms with Crippen LogP contribution in [0.2, 0.25) is 0 Å². The lowest BCUT2D eigenvalue weighted by Crippen LogP contribution is -2.36. The van der Waals surface area contributed by atoms with E-state index >= 15 is 0 Å². The monoisotopic (exact) mass is 234 g/mol. The molecular weight excluding hydrogens is 216 g/mol. The van der Waals surface area contributed by atoms with E-state index in [0.717, 1.165) is 24.3 Å². The number of nitrogens with two attached hydrogens (primary N) is 2. The Balaban J connectivity index is 1.97. The third-order valence-corrected chi connectivity index (χ3v) is 2.84. The maximum atomic E-state index is 5.84. The summed E-state index contributed by atoms with van der Waals surface area (Å²) in [5.41, 5.74) is 8.49. The zero-order valence-electron chi connectivity index (χ0n) is 9.73. The Bertz CT molecular complexity index is 382. The maximum absolute atomic E-state index is 5.84. The molecule has 5 heteroatoms. The predicted molar refractivity (Wildman–Crippen MR) is 67.9 cm³/mol. The van der Waals surface area contributed by atoms with Gasteiger partial charge in [-0.15, -0.1) is 0 Å². The molecule has 0 heterocycles. The fourth-order valence-electron chi connectivity index (χ4n) is 1.97. The van der Waals surface area contributed by atoms with Gasteiger partial charge in [-0.1, -0.05) is 0 Å². The lowest BCUT2D eigenvalue weighted by molar-refractivity contribution is 0.210. The van der Waals surface area contributed by atoms with Crippen LogP contribution in [0.5, 0.6) is 5.75 Å². The van der Waals surface area contributed by atoms with Crippen LogP contribution >= 0.6 is 0 Å². The van der Waals surface area contributed by atoms with Gasteiger partial charge in [0.05, 0.1) is 11.8 Å². The summed E-state index contributed by atoms with van der Waals surface area (Å²) in [6.45, 7) is 0. The highest BCUT2D eigenvalue weighted by molar-refractivity contribution is 5.80. The molecule has 0 bridgehead atoms. The molecule has 0 radical (unpaired) electrons. The summed E-state index contributed by atoms with van der Waals surface area (Å²) in [5, 5.41) is 0. The first-order valence-corrected chi connectivity index (χ1v) is 5.85. The molecule has 5 N–H and O–H groups in total. The van der Waals surface area contributed by atoms with Gasteiger partial charge < -0.3 is 10.5 Å². The molecule has 1 saturated carbocycles. The highest BCUT2D eigenvalue weighted by Gasteiger charge is 2.16. The van der Waals surface area contributed by atoms with E-state index < -0.39 is 0 Å². The topological polar surface area (TPSA) is 85.7 Å². The second-order valence-corrected chi connectivity index (χ2v) is 4.16. The van der Waals surface area contributed by atoms with Crippen molar-refractivity contribution in [2.75, 3.05) is 0 Å². The minimum atomic E-state index is 0.189. The molecule has 0 aliphatic heterocycles. The second kappa shape index (κ2) is 5.54. The van der Waals surface area contributed by atoms with Crippen LogP contribution in [-0.4, -0.2) is 12.1 Å². The third-order valence-electron chi connectivity index (χ3n) is 2.84. The van der Waals surface area contributed by atoms with Gasteiger partial charge in [0.15, 0.2) is 0 Å². The average molecular weight is 234 g/mol. The van der Waals surface area contributed by atoms with Crippen molar-refractivity contribution >= 4 is 11.6 Å². The van der Waals surface area contributed by atoms with Gasteiger partial charge in [0.25, 0.3) is 0 Å². The van der Waals surface area contributed by atoms with Gasteiger partial charge in [0, 0.05) is 0 Å². The van der Waals surface area contributed by atoms with E-state index in [4.69, 9.17) is 16.3 Å². The molecule has 2 rings (SSSR count). The molecule has 0 spiro atoms. The zero-order valence-corrected chi connectivity index (χ0v) is 9.73. The van der Waals surface area contributed by atoms with Crippen molar-refractivity contribution in [3.8, 4) is 5.75 Å². The number of nitrogens with zero attached hydrogens (tertiary/aromatic N) is 1. The van der Waals surface area contributed by atoms with Crippen molar-refractivity contribution in [3.05, 3.63) is 24.3 Å². The molecule has 0 aromatic heterocycles. The van der Waals surface area contributed by atoms with E-state index in [-0.39, 0.29) is 5.96 Å². The van der Waals surface area contributed by atoms with Crippen molar-refractivity contribution in [2.45, 2.75) is 31.8 Å². The first kappa shape index (κ1) is 11.7. The van der Waals surface area contributed by atoms with Crippen LogP contribution < -0.4 is 21.7 Å². The number of aliphatic imine (C=N–C) groups is 1. The molecule has 1 aromatic rings. The number of hydrogen-bond donors (Lipinski definition) is 3. The van der Waals surface area contributed by atoms with Gasteiger partial charge in [-0.25, -0.2) is 10.8 Å². The fourth-order valence-corrected chi connectivity index (χ4v) is 1.97. The molecular formula is C12H18N4O. The Morgan fingerprint density at radius 3 is 2.47 bits per heavy atom. The summed E-state index contributed by atoms with van der Waals surface area (Å²) in [4.78, 5) is 4.05. The number of hydrazine groups is 1. The molecule has 5 nitrogen and oxygen atoms in total. The van der Waals surface area contributed by atoms with Crippen LogP contribution in [0.4, 0.5) is 5.69 Å².